The molecule has 100 valence electrons. The van der Waals surface area contributed by atoms with Crippen LogP contribution in [0, 0.1) is 12.8 Å². The van der Waals surface area contributed by atoms with Crippen molar-refractivity contribution < 1.29 is 0 Å². The Morgan fingerprint density at radius 2 is 2.06 bits per heavy atom. The average Bonchev–Trinajstić information content (AvgIpc) is 2.40. The van der Waals surface area contributed by atoms with Gasteiger partial charge in [0, 0.05) is 13.1 Å². The molecule has 2 rings (SSSR count). The molecule has 0 saturated carbocycles. The minimum Gasteiger partial charge on any atom is -0.330 e. The molecule has 0 amide bonds. The van der Waals surface area contributed by atoms with Crippen LogP contribution < -0.4 is 5.73 Å². The molecule has 0 aromatic heterocycles. The van der Waals surface area contributed by atoms with E-state index in [1.807, 2.05) is 0 Å². The molecule has 18 heavy (non-hydrogen) atoms. The van der Waals surface area contributed by atoms with Gasteiger partial charge >= 0.3 is 0 Å². The maximum atomic E-state index is 5.60. The number of nitrogens with zero attached hydrogens (tertiary/aromatic N) is 1. The summed E-state index contributed by atoms with van der Waals surface area (Å²) in [6, 6.07) is 8.95. The zero-order valence-electron chi connectivity index (χ0n) is 11.6. The van der Waals surface area contributed by atoms with Gasteiger partial charge in [0.25, 0.3) is 0 Å². The first kappa shape index (κ1) is 13.6. The first-order chi connectivity index (χ1) is 8.78. The Kier molecular flexibility index (Phi) is 5.21. The van der Waals surface area contributed by atoms with Gasteiger partial charge in [-0.25, -0.2) is 0 Å². The Morgan fingerprint density at radius 1 is 1.28 bits per heavy atom. The SMILES string of the molecule is Cc1ccc(CN2CCCC(CCCN)C2)cc1. The fourth-order valence-electron chi connectivity index (χ4n) is 2.89. The molecule has 1 aromatic rings. The third-order valence-corrected chi connectivity index (χ3v) is 3.95. The van der Waals surface area contributed by atoms with Gasteiger partial charge in [0.05, 0.1) is 0 Å². The molecule has 1 saturated heterocycles. The van der Waals surface area contributed by atoms with E-state index in [1.54, 1.807) is 0 Å². The largest absolute Gasteiger partial charge is 0.330 e. The van der Waals surface area contributed by atoms with Gasteiger partial charge in [-0.05, 0) is 57.2 Å². The quantitative estimate of drug-likeness (QED) is 0.865. The lowest BCUT2D eigenvalue weighted by Gasteiger charge is -2.32. The van der Waals surface area contributed by atoms with Gasteiger partial charge in [0.15, 0.2) is 0 Å². The molecule has 1 aromatic carbocycles. The number of nitrogens with two attached hydrogens (primary N) is 1. The van der Waals surface area contributed by atoms with E-state index in [0.29, 0.717) is 0 Å². The molecule has 0 aliphatic carbocycles. The van der Waals surface area contributed by atoms with Crippen molar-refractivity contribution in [3.05, 3.63) is 35.4 Å². The monoisotopic (exact) mass is 246 g/mol. The fraction of sp³-hybridized carbons (Fsp3) is 0.625. The molecule has 0 radical (unpaired) electrons. The van der Waals surface area contributed by atoms with Crippen molar-refractivity contribution in [2.24, 2.45) is 11.7 Å². The summed E-state index contributed by atoms with van der Waals surface area (Å²) in [7, 11) is 0. The van der Waals surface area contributed by atoms with Crippen molar-refractivity contribution in [3.8, 4) is 0 Å². The van der Waals surface area contributed by atoms with Crippen LogP contribution in [0.15, 0.2) is 24.3 Å². The Hall–Kier alpha value is -0.860. The number of hydrogen-bond donors (Lipinski definition) is 1. The highest BCUT2D eigenvalue weighted by Crippen LogP contribution is 2.22. The molecule has 0 spiro atoms. The Balaban J connectivity index is 1.83. The molecule has 1 atom stereocenters. The van der Waals surface area contributed by atoms with Gasteiger partial charge in [-0.1, -0.05) is 29.8 Å². The summed E-state index contributed by atoms with van der Waals surface area (Å²) in [6.45, 7) is 6.61. The summed E-state index contributed by atoms with van der Waals surface area (Å²) in [5, 5.41) is 0. The standard InChI is InChI=1S/C16H26N2/c1-14-6-8-16(9-7-14)13-18-11-3-5-15(12-18)4-2-10-17/h6-9,15H,2-5,10-13,17H2,1H3. The summed E-state index contributed by atoms with van der Waals surface area (Å²) in [5.74, 6) is 0.868. The second kappa shape index (κ2) is 6.91. The van der Waals surface area contributed by atoms with Gasteiger partial charge in [-0.15, -0.1) is 0 Å². The second-order valence-corrected chi connectivity index (χ2v) is 5.66. The first-order valence-corrected chi connectivity index (χ1v) is 7.26. The Morgan fingerprint density at radius 3 is 2.78 bits per heavy atom. The van der Waals surface area contributed by atoms with Crippen molar-refractivity contribution in [2.45, 2.75) is 39.2 Å². The molecule has 2 N–H and O–H groups in total. The topological polar surface area (TPSA) is 29.3 Å². The molecule has 2 heteroatoms. The number of hydrogen-bond acceptors (Lipinski definition) is 2. The van der Waals surface area contributed by atoms with Crippen molar-refractivity contribution >= 4 is 0 Å². The van der Waals surface area contributed by atoms with Gasteiger partial charge in [-0.3, -0.25) is 4.90 Å². The highest BCUT2D eigenvalue weighted by atomic mass is 15.1. The van der Waals surface area contributed by atoms with Crippen LogP contribution in [0.1, 0.15) is 36.8 Å². The van der Waals surface area contributed by atoms with E-state index in [0.717, 1.165) is 19.0 Å². The van der Waals surface area contributed by atoms with Gasteiger partial charge in [0.2, 0.25) is 0 Å². The normalized spacial score (nSPS) is 21.1. The van der Waals surface area contributed by atoms with Gasteiger partial charge in [-0.2, -0.15) is 0 Å². The van der Waals surface area contributed by atoms with Gasteiger partial charge in [0.1, 0.15) is 0 Å². The van der Waals surface area contributed by atoms with Crippen LogP contribution in [-0.4, -0.2) is 24.5 Å². The van der Waals surface area contributed by atoms with E-state index >= 15 is 0 Å². The Labute approximate surface area is 111 Å². The predicted octanol–water partition coefficient (Wildman–Crippen LogP) is 2.95. The molecule has 1 aliphatic rings. The minimum absolute atomic E-state index is 0.842. The van der Waals surface area contributed by atoms with Crippen LogP contribution >= 0.6 is 0 Å². The van der Waals surface area contributed by atoms with Crippen LogP contribution in [0.4, 0.5) is 0 Å². The maximum Gasteiger partial charge on any atom is 0.0233 e. The van der Waals surface area contributed by atoms with Crippen LogP contribution in [-0.2, 0) is 6.54 Å². The minimum atomic E-state index is 0.842. The lowest BCUT2D eigenvalue weighted by molar-refractivity contribution is 0.160. The molecular weight excluding hydrogens is 220 g/mol. The van der Waals surface area contributed by atoms with E-state index < -0.39 is 0 Å². The number of rotatable bonds is 5. The average molecular weight is 246 g/mol. The number of piperidine rings is 1. The van der Waals surface area contributed by atoms with Crippen molar-refractivity contribution in [2.75, 3.05) is 19.6 Å². The van der Waals surface area contributed by atoms with E-state index in [4.69, 9.17) is 5.73 Å². The summed E-state index contributed by atoms with van der Waals surface area (Å²) in [5.41, 5.74) is 8.39. The third-order valence-electron chi connectivity index (χ3n) is 3.95. The maximum absolute atomic E-state index is 5.60. The van der Waals surface area contributed by atoms with Crippen LogP contribution in [0.25, 0.3) is 0 Å². The zero-order valence-corrected chi connectivity index (χ0v) is 11.6. The van der Waals surface area contributed by atoms with Crippen molar-refractivity contribution in [1.82, 2.24) is 4.90 Å². The number of aryl methyl sites for hydroxylation is 1. The molecule has 2 nitrogen and oxygen atoms in total. The fourth-order valence-corrected chi connectivity index (χ4v) is 2.89. The van der Waals surface area contributed by atoms with E-state index in [-0.39, 0.29) is 0 Å². The summed E-state index contributed by atoms with van der Waals surface area (Å²) >= 11 is 0. The smallest absolute Gasteiger partial charge is 0.0233 e. The summed E-state index contributed by atoms with van der Waals surface area (Å²) in [6.07, 6.45) is 5.23. The molecule has 1 aliphatic heterocycles. The lowest BCUT2D eigenvalue weighted by Crippen LogP contribution is -2.35. The van der Waals surface area contributed by atoms with E-state index in [9.17, 15) is 0 Å². The zero-order chi connectivity index (χ0) is 12.8. The summed E-state index contributed by atoms with van der Waals surface area (Å²) in [4.78, 5) is 2.61. The summed E-state index contributed by atoms with van der Waals surface area (Å²) < 4.78 is 0. The third kappa shape index (κ3) is 4.11. The highest BCUT2D eigenvalue weighted by Gasteiger charge is 2.19. The molecule has 1 heterocycles. The molecule has 1 fully saturated rings. The van der Waals surface area contributed by atoms with Crippen LogP contribution in [0.2, 0.25) is 0 Å². The van der Waals surface area contributed by atoms with Crippen LogP contribution in [0.3, 0.4) is 0 Å². The van der Waals surface area contributed by atoms with E-state index in [2.05, 4.69) is 36.1 Å². The highest BCUT2D eigenvalue weighted by molar-refractivity contribution is 5.21. The Bertz CT molecular complexity index is 345. The van der Waals surface area contributed by atoms with Crippen LogP contribution in [0.5, 0.6) is 0 Å². The number of benzene rings is 1. The lowest BCUT2D eigenvalue weighted by atomic mass is 9.93. The predicted molar refractivity (Wildman–Crippen MR) is 77.5 cm³/mol. The first-order valence-electron chi connectivity index (χ1n) is 7.26. The molecule has 0 bridgehead atoms. The van der Waals surface area contributed by atoms with Crippen molar-refractivity contribution in [3.63, 3.8) is 0 Å². The van der Waals surface area contributed by atoms with E-state index in [1.165, 1.54) is 49.9 Å². The molecular formula is C16H26N2. The van der Waals surface area contributed by atoms with Crippen molar-refractivity contribution in [1.29, 1.82) is 0 Å². The van der Waals surface area contributed by atoms with Gasteiger partial charge < -0.3 is 5.73 Å². The number of likely N-dealkylation sites (tertiary alicyclic amines) is 1. The second-order valence-electron chi connectivity index (χ2n) is 5.66. The molecule has 1 unspecified atom stereocenters.